The van der Waals surface area contributed by atoms with Crippen LogP contribution in [0.2, 0.25) is 0 Å². The molecule has 0 fully saturated rings. The predicted molar refractivity (Wildman–Crippen MR) is 114 cm³/mol. The Morgan fingerprint density at radius 2 is 1.69 bits per heavy atom. The summed E-state index contributed by atoms with van der Waals surface area (Å²) in [7, 11) is 0. The van der Waals surface area contributed by atoms with Crippen LogP contribution in [-0.4, -0.2) is 27.0 Å². The van der Waals surface area contributed by atoms with Gasteiger partial charge in [0.2, 0.25) is 5.91 Å². The molecule has 4 aromatic rings. The highest BCUT2D eigenvalue weighted by molar-refractivity contribution is 5.87. The van der Waals surface area contributed by atoms with E-state index in [9.17, 15) is 4.79 Å². The Bertz CT molecular complexity index is 1050. The lowest BCUT2D eigenvalue weighted by atomic mass is 9.90. The van der Waals surface area contributed by atoms with Crippen molar-refractivity contribution in [2.75, 3.05) is 6.54 Å². The van der Waals surface area contributed by atoms with Crippen LogP contribution < -0.4 is 5.32 Å². The van der Waals surface area contributed by atoms with Crippen LogP contribution in [0.4, 0.5) is 0 Å². The number of aromatic nitrogens is 3. The number of hydrogen-bond acceptors (Lipinski definition) is 3. The summed E-state index contributed by atoms with van der Waals surface area (Å²) in [4.78, 5) is 17.4. The zero-order valence-electron chi connectivity index (χ0n) is 16.5. The third-order valence-corrected chi connectivity index (χ3v) is 4.96. The second kappa shape index (κ2) is 8.69. The number of carbonyl (C=O) groups is 1. The molecule has 0 aliphatic heterocycles. The summed E-state index contributed by atoms with van der Waals surface area (Å²) < 4.78 is 1.81. The molecule has 0 saturated carbocycles. The van der Waals surface area contributed by atoms with Gasteiger partial charge in [-0.05, 0) is 36.5 Å². The zero-order valence-corrected chi connectivity index (χ0v) is 16.5. The highest BCUT2D eigenvalue weighted by Crippen LogP contribution is 2.24. The molecule has 2 aromatic carbocycles. The number of fused-ring (bicyclic) bond motifs is 1. The maximum atomic E-state index is 13.0. The van der Waals surface area contributed by atoms with Gasteiger partial charge in [-0.2, -0.15) is 5.10 Å². The molecule has 4 rings (SSSR count). The lowest BCUT2D eigenvalue weighted by Gasteiger charge is -2.18. The van der Waals surface area contributed by atoms with Crippen molar-refractivity contribution in [2.24, 2.45) is 0 Å². The molecule has 2 heterocycles. The van der Waals surface area contributed by atoms with Crippen LogP contribution in [0.3, 0.4) is 0 Å². The number of nitrogens with one attached hydrogen (secondary N) is 1. The van der Waals surface area contributed by atoms with Gasteiger partial charge in [0.25, 0.3) is 0 Å². The van der Waals surface area contributed by atoms with Gasteiger partial charge in [-0.15, -0.1) is 0 Å². The van der Waals surface area contributed by atoms with E-state index in [1.54, 1.807) is 0 Å². The number of rotatable bonds is 7. The fourth-order valence-electron chi connectivity index (χ4n) is 3.56. The van der Waals surface area contributed by atoms with Gasteiger partial charge in [0.05, 0.1) is 11.6 Å². The predicted octanol–water partition coefficient (Wildman–Crippen LogP) is 3.92. The fourth-order valence-corrected chi connectivity index (χ4v) is 3.56. The molecule has 0 saturated heterocycles. The minimum absolute atomic E-state index is 0.0266. The standard InChI is InChI=1S/C24H24N4O/c1-18-15-22-26-16-19(17-28(22)27-18)9-8-14-25-24(29)23(20-10-4-2-5-11-20)21-12-6-3-7-13-21/h2-7,10-13,15-17,23H,8-9,14H2,1H3,(H,25,29). The second-order valence-electron chi connectivity index (χ2n) is 7.20. The van der Waals surface area contributed by atoms with E-state index in [1.807, 2.05) is 90.6 Å². The molecule has 2 aromatic heterocycles. The Morgan fingerprint density at radius 1 is 1.03 bits per heavy atom. The van der Waals surface area contributed by atoms with Gasteiger partial charge in [0.15, 0.2) is 5.65 Å². The lowest BCUT2D eigenvalue weighted by Crippen LogP contribution is -2.31. The van der Waals surface area contributed by atoms with Gasteiger partial charge in [0, 0.05) is 25.0 Å². The third kappa shape index (κ3) is 4.51. The number of amides is 1. The van der Waals surface area contributed by atoms with Gasteiger partial charge >= 0.3 is 0 Å². The van der Waals surface area contributed by atoms with Gasteiger partial charge in [0.1, 0.15) is 0 Å². The highest BCUT2D eigenvalue weighted by atomic mass is 16.1. The quantitative estimate of drug-likeness (QED) is 0.491. The number of hydrogen-bond donors (Lipinski definition) is 1. The molecule has 0 spiro atoms. The molecule has 0 unspecified atom stereocenters. The van der Waals surface area contributed by atoms with E-state index < -0.39 is 0 Å². The lowest BCUT2D eigenvalue weighted by molar-refractivity contribution is -0.121. The number of benzene rings is 2. The minimum Gasteiger partial charge on any atom is -0.355 e. The average Bonchev–Trinajstić information content (AvgIpc) is 3.12. The first-order valence-electron chi connectivity index (χ1n) is 9.89. The van der Waals surface area contributed by atoms with Crippen LogP contribution >= 0.6 is 0 Å². The summed E-state index contributed by atoms with van der Waals surface area (Å²) in [5.74, 6) is -0.277. The monoisotopic (exact) mass is 384 g/mol. The van der Waals surface area contributed by atoms with E-state index >= 15 is 0 Å². The Kier molecular flexibility index (Phi) is 5.66. The third-order valence-electron chi connectivity index (χ3n) is 4.96. The molecule has 0 aliphatic carbocycles. The normalized spacial score (nSPS) is 11.1. The molecule has 5 heteroatoms. The molecule has 0 aliphatic rings. The molecular weight excluding hydrogens is 360 g/mol. The summed E-state index contributed by atoms with van der Waals surface area (Å²) in [6.07, 6.45) is 5.57. The molecule has 146 valence electrons. The van der Waals surface area contributed by atoms with Crippen LogP contribution in [0.15, 0.2) is 79.1 Å². The SMILES string of the molecule is Cc1cc2ncc(CCCNC(=O)C(c3ccccc3)c3ccccc3)cn2n1. The van der Waals surface area contributed by atoms with Gasteiger partial charge in [-0.3, -0.25) is 4.79 Å². The first kappa shape index (κ1) is 18.9. The Morgan fingerprint density at radius 3 is 2.34 bits per heavy atom. The highest BCUT2D eigenvalue weighted by Gasteiger charge is 2.21. The van der Waals surface area contributed by atoms with Crippen molar-refractivity contribution in [3.8, 4) is 0 Å². The molecule has 0 atom stereocenters. The molecule has 0 radical (unpaired) electrons. The van der Waals surface area contributed by atoms with Crippen molar-refractivity contribution < 1.29 is 4.79 Å². The maximum Gasteiger partial charge on any atom is 0.232 e. The zero-order chi connectivity index (χ0) is 20.1. The molecule has 5 nitrogen and oxygen atoms in total. The first-order chi connectivity index (χ1) is 14.2. The van der Waals surface area contributed by atoms with E-state index in [0.717, 1.165) is 40.9 Å². The number of carbonyl (C=O) groups excluding carboxylic acids is 1. The van der Waals surface area contributed by atoms with Crippen molar-refractivity contribution in [2.45, 2.75) is 25.7 Å². The van der Waals surface area contributed by atoms with Crippen LogP contribution in [0.5, 0.6) is 0 Å². The van der Waals surface area contributed by atoms with Crippen LogP contribution in [0.1, 0.15) is 34.7 Å². The van der Waals surface area contributed by atoms with Gasteiger partial charge in [-0.1, -0.05) is 60.7 Å². The van der Waals surface area contributed by atoms with Crippen molar-refractivity contribution in [3.05, 3.63) is 102 Å². The maximum absolute atomic E-state index is 13.0. The molecule has 1 N–H and O–H groups in total. The van der Waals surface area contributed by atoms with Crippen LogP contribution in [0.25, 0.3) is 5.65 Å². The van der Waals surface area contributed by atoms with Crippen LogP contribution in [-0.2, 0) is 11.2 Å². The van der Waals surface area contributed by atoms with Gasteiger partial charge < -0.3 is 5.32 Å². The molecule has 29 heavy (non-hydrogen) atoms. The van der Waals surface area contributed by atoms with E-state index in [-0.39, 0.29) is 11.8 Å². The Hall–Kier alpha value is -3.47. The van der Waals surface area contributed by atoms with Crippen molar-refractivity contribution in [1.29, 1.82) is 0 Å². The fraction of sp³-hybridized carbons (Fsp3) is 0.208. The molecule has 1 amide bonds. The smallest absolute Gasteiger partial charge is 0.232 e. The minimum atomic E-state index is -0.303. The number of aryl methyl sites for hydroxylation is 2. The largest absolute Gasteiger partial charge is 0.355 e. The second-order valence-corrected chi connectivity index (χ2v) is 7.20. The Labute approximate surface area is 170 Å². The Balaban J connectivity index is 1.39. The summed E-state index contributed by atoms with van der Waals surface area (Å²) in [6, 6.07) is 21.8. The molecule has 0 bridgehead atoms. The van der Waals surface area contributed by atoms with Crippen molar-refractivity contribution in [3.63, 3.8) is 0 Å². The average molecular weight is 384 g/mol. The van der Waals surface area contributed by atoms with Crippen molar-refractivity contribution in [1.82, 2.24) is 19.9 Å². The van der Waals surface area contributed by atoms with E-state index in [2.05, 4.69) is 15.4 Å². The van der Waals surface area contributed by atoms with Crippen molar-refractivity contribution >= 4 is 11.6 Å². The summed E-state index contributed by atoms with van der Waals surface area (Å²) >= 11 is 0. The van der Waals surface area contributed by atoms with Crippen LogP contribution in [0, 0.1) is 6.92 Å². The summed E-state index contributed by atoms with van der Waals surface area (Å²) in [6.45, 7) is 2.57. The summed E-state index contributed by atoms with van der Waals surface area (Å²) in [5, 5.41) is 7.51. The first-order valence-corrected chi connectivity index (χ1v) is 9.89. The van der Waals surface area contributed by atoms with E-state index in [0.29, 0.717) is 6.54 Å². The number of nitrogens with zero attached hydrogens (tertiary/aromatic N) is 3. The topological polar surface area (TPSA) is 59.3 Å². The molecular formula is C24H24N4O. The van der Waals surface area contributed by atoms with E-state index in [1.165, 1.54) is 0 Å². The van der Waals surface area contributed by atoms with Gasteiger partial charge in [-0.25, -0.2) is 9.50 Å². The van der Waals surface area contributed by atoms with E-state index in [4.69, 9.17) is 0 Å². The summed E-state index contributed by atoms with van der Waals surface area (Å²) in [5.41, 5.74) is 4.92.